The lowest BCUT2D eigenvalue weighted by Gasteiger charge is -2.00. The number of halogens is 1. The summed E-state index contributed by atoms with van der Waals surface area (Å²) in [6, 6.07) is 0.967. The van der Waals surface area contributed by atoms with Gasteiger partial charge in [-0.05, 0) is 22.0 Å². The second-order valence-electron chi connectivity index (χ2n) is 2.99. The first kappa shape index (κ1) is 10.1. The molecule has 0 aliphatic carbocycles. The Labute approximate surface area is 93.9 Å². The van der Waals surface area contributed by atoms with Crippen molar-refractivity contribution in [1.29, 1.82) is 0 Å². The van der Waals surface area contributed by atoms with Crippen molar-refractivity contribution in [2.75, 3.05) is 6.61 Å². The van der Waals surface area contributed by atoms with E-state index in [1.807, 2.05) is 0 Å². The van der Waals surface area contributed by atoms with Crippen molar-refractivity contribution < 1.29 is 14.6 Å². The maximum atomic E-state index is 10.6. The van der Waals surface area contributed by atoms with Gasteiger partial charge in [0.25, 0.3) is 0 Å². The average Bonchev–Trinajstić information content (AvgIpc) is 2.66. The van der Waals surface area contributed by atoms with Crippen LogP contribution in [-0.2, 0) is 9.53 Å². The van der Waals surface area contributed by atoms with Gasteiger partial charge in [0.2, 0.25) is 5.90 Å². The van der Waals surface area contributed by atoms with Gasteiger partial charge in [0, 0.05) is 16.9 Å². The van der Waals surface area contributed by atoms with E-state index in [9.17, 15) is 4.79 Å². The Morgan fingerprint density at radius 1 is 1.60 bits per heavy atom. The first-order chi connectivity index (χ1) is 7.16. The molecule has 0 spiro atoms. The first-order valence-electron chi connectivity index (χ1n) is 4.21. The molecule has 1 N–H and O–H groups in total. The Bertz CT molecular complexity index is 433. The summed E-state index contributed by atoms with van der Waals surface area (Å²) in [4.78, 5) is 18.5. The summed E-state index contributed by atoms with van der Waals surface area (Å²) in [5, 5.41) is 8.72. The molecule has 1 atom stereocenters. The molecule has 1 unspecified atom stereocenters. The molecule has 5 nitrogen and oxygen atoms in total. The second-order valence-corrected chi connectivity index (χ2v) is 3.91. The van der Waals surface area contributed by atoms with Crippen LogP contribution in [0.2, 0.25) is 0 Å². The van der Waals surface area contributed by atoms with Gasteiger partial charge < -0.3 is 9.84 Å². The van der Waals surface area contributed by atoms with Crippen LogP contribution in [0.5, 0.6) is 0 Å². The molecule has 0 aromatic carbocycles. The molecule has 0 amide bonds. The maximum Gasteiger partial charge on any atom is 0.332 e. The number of rotatable bonds is 2. The van der Waals surface area contributed by atoms with Gasteiger partial charge >= 0.3 is 5.97 Å². The third kappa shape index (κ3) is 2.15. The van der Waals surface area contributed by atoms with E-state index in [0.717, 1.165) is 4.47 Å². The Balaban J connectivity index is 2.26. The van der Waals surface area contributed by atoms with Gasteiger partial charge in [-0.15, -0.1) is 0 Å². The van der Waals surface area contributed by atoms with E-state index in [2.05, 4.69) is 25.9 Å². The number of carboxylic acid groups (broad SMARTS) is 1. The highest BCUT2D eigenvalue weighted by molar-refractivity contribution is 9.10. The number of hydrogen-bond acceptors (Lipinski definition) is 4. The molecule has 0 fully saturated rings. The third-order valence-electron chi connectivity index (χ3n) is 1.89. The van der Waals surface area contributed by atoms with Crippen molar-refractivity contribution >= 4 is 27.8 Å². The highest BCUT2D eigenvalue weighted by Gasteiger charge is 2.26. The van der Waals surface area contributed by atoms with E-state index in [-0.39, 0.29) is 6.61 Å². The quantitative estimate of drug-likeness (QED) is 0.873. The highest BCUT2D eigenvalue weighted by Crippen LogP contribution is 2.15. The first-order valence-corrected chi connectivity index (χ1v) is 5.00. The fourth-order valence-corrected chi connectivity index (χ4v) is 1.55. The van der Waals surface area contributed by atoms with Crippen LogP contribution in [0.15, 0.2) is 27.9 Å². The number of aliphatic carboxylic acids is 1. The average molecular weight is 271 g/mol. The minimum atomic E-state index is -0.979. The zero-order chi connectivity index (χ0) is 10.8. The molecule has 6 heteroatoms. The molecule has 15 heavy (non-hydrogen) atoms. The van der Waals surface area contributed by atoms with Crippen LogP contribution in [0.3, 0.4) is 0 Å². The second kappa shape index (κ2) is 3.98. The van der Waals surface area contributed by atoms with Crippen molar-refractivity contribution in [3.63, 3.8) is 0 Å². The minimum absolute atomic E-state index is 0.0805. The smallest absolute Gasteiger partial charge is 0.332 e. The summed E-state index contributed by atoms with van der Waals surface area (Å²) < 4.78 is 5.97. The summed E-state index contributed by atoms with van der Waals surface area (Å²) >= 11 is 3.26. The predicted octanol–water partition coefficient (Wildman–Crippen LogP) is 1.07. The van der Waals surface area contributed by atoms with Gasteiger partial charge in [0.15, 0.2) is 6.04 Å². The van der Waals surface area contributed by atoms with Crippen molar-refractivity contribution in [2.45, 2.75) is 6.04 Å². The van der Waals surface area contributed by atoms with Crippen molar-refractivity contribution in [1.82, 2.24) is 4.98 Å². The molecule has 0 saturated heterocycles. The standard InChI is InChI=1S/C9H7BrN2O3/c10-6-1-5(2-11-3-6)8-12-7(4-15-8)9(13)14/h1-3,7H,4H2,(H,13,14). The lowest BCUT2D eigenvalue weighted by atomic mass is 10.3. The van der Waals surface area contributed by atoms with Gasteiger partial charge in [-0.2, -0.15) is 0 Å². The number of pyridine rings is 1. The van der Waals surface area contributed by atoms with E-state index < -0.39 is 12.0 Å². The number of aliphatic imine (C=N–C) groups is 1. The van der Waals surface area contributed by atoms with Crippen LogP contribution >= 0.6 is 15.9 Å². The number of ether oxygens (including phenoxy) is 1. The lowest BCUT2D eigenvalue weighted by Crippen LogP contribution is -2.18. The van der Waals surface area contributed by atoms with Gasteiger partial charge in [-0.3, -0.25) is 4.98 Å². The number of nitrogens with zero attached hydrogens (tertiary/aromatic N) is 2. The van der Waals surface area contributed by atoms with Gasteiger partial charge in [0.1, 0.15) is 6.61 Å². The number of carbonyl (C=O) groups is 1. The van der Waals surface area contributed by atoms with Crippen LogP contribution < -0.4 is 0 Å². The summed E-state index contributed by atoms with van der Waals surface area (Å²) in [5.74, 6) is -0.649. The van der Waals surface area contributed by atoms with Gasteiger partial charge in [-0.1, -0.05) is 0 Å². The Morgan fingerprint density at radius 2 is 2.40 bits per heavy atom. The molecule has 1 aliphatic heterocycles. The molecule has 0 saturated carbocycles. The molecule has 1 aromatic rings. The van der Waals surface area contributed by atoms with Crippen LogP contribution in [-0.4, -0.2) is 34.6 Å². The monoisotopic (exact) mass is 270 g/mol. The zero-order valence-electron chi connectivity index (χ0n) is 7.55. The Kier molecular flexibility index (Phi) is 2.68. The number of hydrogen-bond donors (Lipinski definition) is 1. The minimum Gasteiger partial charge on any atom is -0.480 e. The number of aromatic nitrogens is 1. The van der Waals surface area contributed by atoms with Crippen LogP contribution in [0.1, 0.15) is 5.56 Å². The molecule has 78 valence electrons. The van der Waals surface area contributed by atoms with Gasteiger partial charge in [-0.25, -0.2) is 9.79 Å². The Hall–Kier alpha value is -1.43. The summed E-state index contributed by atoms with van der Waals surface area (Å²) in [7, 11) is 0. The highest BCUT2D eigenvalue weighted by atomic mass is 79.9. The molecule has 1 aromatic heterocycles. The summed E-state index contributed by atoms with van der Waals surface area (Å²) in [6.45, 7) is 0.0805. The SMILES string of the molecule is O=C(O)C1COC(c2cncc(Br)c2)=N1. The fourth-order valence-electron chi connectivity index (χ4n) is 1.19. The Morgan fingerprint density at radius 3 is 3.00 bits per heavy atom. The largest absolute Gasteiger partial charge is 0.480 e. The van der Waals surface area contributed by atoms with E-state index in [1.54, 1.807) is 18.5 Å². The number of carboxylic acids is 1. The molecular weight excluding hydrogens is 264 g/mol. The molecule has 2 rings (SSSR count). The van der Waals surface area contributed by atoms with E-state index in [4.69, 9.17) is 9.84 Å². The zero-order valence-corrected chi connectivity index (χ0v) is 9.14. The molecular formula is C9H7BrN2O3. The van der Waals surface area contributed by atoms with Crippen LogP contribution in [0.25, 0.3) is 0 Å². The normalized spacial score (nSPS) is 19.5. The lowest BCUT2D eigenvalue weighted by molar-refractivity contribution is -0.138. The van der Waals surface area contributed by atoms with Crippen LogP contribution in [0.4, 0.5) is 0 Å². The molecule has 0 bridgehead atoms. The van der Waals surface area contributed by atoms with E-state index >= 15 is 0 Å². The molecule has 1 aliphatic rings. The summed E-state index contributed by atoms with van der Waals surface area (Å²) in [6.07, 6.45) is 3.21. The third-order valence-corrected chi connectivity index (χ3v) is 2.32. The predicted molar refractivity (Wildman–Crippen MR) is 55.8 cm³/mol. The maximum absolute atomic E-state index is 10.6. The van der Waals surface area contributed by atoms with E-state index in [1.165, 1.54) is 0 Å². The van der Waals surface area contributed by atoms with Crippen molar-refractivity contribution in [2.24, 2.45) is 4.99 Å². The van der Waals surface area contributed by atoms with E-state index in [0.29, 0.717) is 11.5 Å². The topological polar surface area (TPSA) is 71.8 Å². The van der Waals surface area contributed by atoms with Crippen LogP contribution in [0, 0.1) is 0 Å². The van der Waals surface area contributed by atoms with Crippen molar-refractivity contribution in [3.8, 4) is 0 Å². The van der Waals surface area contributed by atoms with Gasteiger partial charge in [0.05, 0.1) is 5.56 Å². The fraction of sp³-hybridized carbons (Fsp3) is 0.222. The summed E-state index contributed by atoms with van der Waals surface area (Å²) in [5.41, 5.74) is 0.674. The molecule has 2 heterocycles. The van der Waals surface area contributed by atoms with Crippen molar-refractivity contribution in [3.05, 3.63) is 28.5 Å². The molecule has 0 radical (unpaired) electrons.